The average molecular weight is 294 g/mol. The fourth-order valence-corrected chi connectivity index (χ4v) is 1.90. The highest BCUT2D eigenvalue weighted by Gasteiger charge is 2.16. The second kappa shape index (κ2) is 5.90. The van der Waals surface area contributed by atoms with Gasteiger partial charge < -0.3 is 9.84 Å². The SMILES string of the molecule is C[C@H](O)c1ccc(Oc2ccccc2[N+](=O)[O-])c(Cl)c1. The maximum atomic E-state index is 10.9. The summed E-state index contributed by atoms with van der Waals surface area (Å²) in [5, 5.41) is 20.6. The number of para-hydroxylation sites is 2. The zero-order chi connectivity index (χ0) is 14.7. The molecule has 0 saturated heterocycles. The molecular formula is C14H12ClNO4. The van der Waals surface area contributed by atoms with Crippen LogP contribution in [-0.2, 0) is 0 Å². The number of nitro benzene ring substituents is 1. The van der Waals surface area contributed by atoms with Crippen molar-refractivity contribution < 1.29 is 14.8 Å². The molecular weight excluding hydrogens is 282 g/mol. The van der Waals surface area contributed by atoms with Crippen LogP contribution in [0.5, 0.6) is 11.5 Å². The minimum atomic E-state index is -0.646. The lowest BCUT2D eigenvalue weighted by molar-refractivity contribution is -0.385. The van der Waals surface area contributed by atoms with Crippen molar-refractivity contribution in [2.75, 3.05) is 0 Å². The van der Waals surface area contributed by atoms with Gasteiger partial charge in [0, 0.05) is 6.07 Å². The molecule has 0 radical (unpaired) electrons. The molecule has 0 aliphatic carbocycles. The lowest BCUT2D eigenvalue weighted by atomic mass is 10.1. The number of rotatable bonds is 4. The summed E-state index contributed by atoms with van der Waals surface area (Å²) in [4.78, 5) is 10.4. The van der Waals surface area contributed by atoms with E-state index in [0.717, 1.165) is 0 Å². The van der Waals surface area contributed by atoms with Gasteiger partial charge in [0.25, 0.3) is 0 Å². The molecule has 0 spiro atoms. The van der Waals surface area contributed by atoms with Crippen molar-refractivity contribution in [3.63, 3.8) is 0 Å². The first-order chi connectivity index (χ1) is 9.49. The molecule has 20 heavy (non-hydrogen) atoms. The lowest BCUT2D eigenvalue weighted by Gasteiger charge is -2.10. The van der Waals surface area contributed by atoms with Crippen LogP contribution in [0, 0.1) is 10.1 Å². The Balaban J connectivity index is 2.33. The van der Waals surface area contributed by atoms with E-state index in [1.165, 1.54) is 12.1 Å². The highest BCUT2D eigenvalue weighted by molar-refractivity contribution is 6.32. The van der Waals surface area contributed by atoms with Crippen LogP contribution in [0.15, 0.2) is 42.5 Å². The quantitative estimate of drug-likeness (QED) is 0.680. The molecule has 5 nitrogen and oxygen atoms in total. The number of ether oxygens (including phenoxy) is 1. The fourth-order valence-electron chi connectivity index (χ4n) is 1.67. The Labute approximate surface area is 120 Å². The van der Waals surface area contributed by atoms with Gasteiger partial charge in [-0.2, -0.15) is 0 Å². The smallest absolute Gasteiger partial charge is 0.311 e. The Bertz CT molecular complexity index is 643. The molecule has 0 bridgehead atoms. The van der Waals surface area contributed by atoms with Gasteiger partial charge in [-0.05, 0) is 30.7 Å². The number of nitrogens with zero attached hydrogens (tertiary/aromatic N) is 1. The molecule has 2 rings (SSSR count). The minimum Gasteiger partial charge on any atom is -0.449 e. The van der Waals surface area contributed by atoms with Crippen molar-refractivity contribution in [1.29, 1.82) is 0 Å². The molecule has 2 aromatic carbocycles. The van der Waals surface area contributed by atoms with Gasteiger partial charge in [0.05, 0.1) is 16.0 Å². The lowest BCUT2D eigenvalue weighted by Crippen LogP contribution is -1.95. The second-order valence-corrected chi connectivity index (χ2v) is 4.60. The maximum absolute atomic E-state index is 10.9. The van der Waals surface area contributed by atoms with E-state index in [9.17, 15) is 15.2 Å². The first kappa shape index (κ1) is 14.3. The molecule has 0 amide bonds. The fraction of sp³-hybridized carbons (Fsp3) is 0.143. The van der Waals surface area contributed by atoms with Gasteiger partial charge in [0.2, 0.25) is 5.75 Å². The van der Waals surface area contributed by atoms with Crippen molar-refractivity contribution in [2.45, 2.75) is 13.0 Å². The van der Waals surface area contributed by atoms with Crippen molar-refractivity contribution >= 4 is 17.3 Å². The van der Waals surface area contributed by atoms with E-state index < -0.39 is 11.0 Å². The summed E-state index contributed by atoms with van der Waals surface area (Å²) in [7, 11) is 0. The van der Waals surface area contributed by atoms with Gasteiger partial charge in [-0.15, -0.1) is 0 Å². The number of aliphatic hydroxyl groups excluding tert-OH is 1. The van der Waals surface area contributed by atoms with Crippen LogP contribution in [0.3, 0.4) is 0 Å². The number of hydrogen-bond donors (Lipinski definition) is 1. The second-order valence-electron chi connectivity index (χ2n) is 4.19. The Morgan fingerprint density at radius 1 is 1.25 bits per heavy atom. The molecule has 0 unspecified atom stereocenters. The van der Waals surface area contributed by atoms with E-state index in [1.807, 2.05) is 0 Å². The average Bonchev–Trinajstić information content (AvgIpc) is 2.41. The predicted octanol–water partition coefficient (Wildman–Crippen LogP) is 4.09. The Morgan fingerprint density at radius 3 is 2.55 bits per heavy atom. The maximum Gasteiger partial charge on any atom is 0.311 e. The Morgan fingerprint density at radius 2 is 1.95 bits per heavy atom. The van der Waals surface area contributed by atoms with E-state index in [2.05, 4.69) is 0 Å². The zero-order valence-electron chi connectivity index (χ0n) is 10.6. The van der Waals surface area contributed by atoms with Gasteiger partial charge in [-0.25, -0.2) is 0 Å². The first-order valence-electron chi connectivity index (χ1n) is 5.88. The molecule has 6 heteroatoms. The number of hydrogen-bond acceptors (Lipinski definition) is 4. The molecule has 0 aliphatic rings. The van der Waals surface area contributed by atoms with Crippen LogP contribution in [-0.4, -0.2) is 10.0 Å². The van der Waals surface area contributed by atoms with E-state index in [-0.39, 0.29) is 16.5 Å². The summed E-state index contributed by atoms with van der Waals surface area (Å²) in [6.07, 6.45) is -0.646. The summed E-state index contributed by atoms with van der Waals surface area (Å²) >= 11 is 6.05. The van der Waals surface area contributed by atoms with Gasteiger partial charge in [-0.1, -0.05) is 29.8 Å². The van der Waals surface area contributed by atoms with Crippen LogP contribution in [0.2, 0.25) is 5.02 Å². The van der Waals surface area contributed by atoms with Crippen molar-refractivity contribution in [1.82, 2.24) is 0 Å². The summed E-state index contributed by atoms with van der Waals surface area (Å²) in [5.74, 6) is 0.412. The van der Waals surface area contributed by atoms with E-state index in [1.54, 1.807) is 37.3 Å². The molecule has 0 fully saturated rings. The third kappa shape index (κ3) is 3.07. The summed E-state index contributed by atoms with van der Waals surface area (Å²) in [6, 6.07) is 10.8. The third-order valence-electron chi connectivity index (χ3n) is 2.72. The molecule has 104 valence electrons. The van der Waals surface area contributed by atoms with Crippen molar-refractivity contribution in [3.05, 3.63) is 63.2 Å². The zero-order valence-corrected chi connectivity index (χ0v) is 11.4. The van der Waals surface area contributed by atoms with Gasteiger partial charge in [-0.3, -0.25) is 10.1 Å². The number of halogens is 1. The summed E-state index contributed by atoms with van der Waals surface area (Å²) < 4.78 is 5.48. The van der Waals surface area contributed by atoms with Crippen LogP contribution in [0.1, 0.15) is 18.6 Å². The van der Waals surface area contributed by atoms with Crippen molar-refractivity contribution in [2.24, 2.45) is 0 Å². The minimum absolute atomic E-state index is 0.115. The largest absolute Gasteiger partial charge is 0.449 e. The summed E-state index contributed by atoms with van der Waals surface area (Å²) in [5.41, 5.74) is 0.507. The highest BCUT2D eigenvalue weighted by atomic mass is 35.5. The Kier molecular flexibility index (Phi) is 4.22. The highest BCUT2D eigenvalue weighted by Crippen LogP contribution is 2.35. The molecule has 1 atom stereocenters. The van der Waals surface area contributed by atoms with Gasteiger partial charge in [0.15, 0.2) is 0 Å². The van der Waals surface area contributed by atoms with Crippen LogP contribution < -0.4 is 4.74 Å². The number of benzene rings is 2. The predicted molar refractivity (Wildman–Crippen MR) is 75.3 cm³/mol. The first-order valence-corrected chi connectivity index (χ1v) is 6.25. The van der Waals surface area contributed by atoms with E-state index in [4.69, 9.17) is 16.3 Å². The summed E-state index contributed by atoms with van der Waals surface area (Å²) in [6.45, 7) is 1.62. The number of aliphatic hydroxyl groups is 1. The number of nitro groups is 1. The topological polar surface area (TPSA) is 72.6 Å². The van der Waals surface area contributed by atoms with Crippen LogP contribution in [0.4, 0.5) is 5.69 Å². The van der Waals surface area contributed by atoms with E-state index in [0.29, 0.717) is 11.3 Å². The monoisotopic (exact) mass is 293 g/mol. The van der Waals surface area contributed by atoms with Gasteiger partial charge >= 0.3 is 5.69 Å². The molecule has 0 aliphatic heterocycles. The molecule has 0 heterocycles. The normalized spacial score (nSPS) is 11.9. The third-order valence-corrected chi connectivity index (χ3v) is 3.02. The van der Waals surface area contributed by atoms with E-state index >= 15 is 0 Å². The van der Waals surface area contributed by atoms with Crippen LogP contribution >= 0.6 is 11.6 Å². The molecule has 1 N–H and O–H groups in total. The van der Waals surface area contributed by atoms with Crippen LogP contribution in [0.25, 0.3) is 0 Å². The Hall–Kier alpha value is -2.11. The van der Waals surface area contributed by atoms with Gasteiger partial charge in [0.1, 0.15) is 5.75 Å². The standard InChI is InChI=1S/C14H12ClNO4/c1-9(17)10-6-7-13(11(15)8-10)20-14-5-3-2-4-12(14)16(18)19/h2-9,17H,1H3/t9-/m0/s1. The molecule has 0 aromatic heterocycles. The van der Waals surface area contributed by atoms with Crippen molar-refractivity contribution in [3.8, 4) is 11.5 Å². The molecule has 2 aromatic rings. The molecule has 0 saturated carbocycles.